The normalized spacial score (nSPS) is 20.0. The fourth-order valence-corrected chi connectivity index (χ4v) is 5.91. The molecule has 3 atom stereocenters. The lowest BCUT2D eigenvalue weighted by atomic mass is 9.76. The average Bonchev–Trinajstić information content (AvgIpc) is 3.52. The van der Waals surface area contributed by atoms with Crippen molar-refractivity contribution in [3.05, 3.63) is 48.2 Å². The van der Waals surface area contributed by atoms with E-state index in [1.165, 1.54) is 34.7 Å². The molecule has 1 saturated carbocycles. The molecule has 1 aromatic carbocycles. The Morgan fingerprint density at radius 2 is 1.91 bits per heavy atom. The van der Waals surface area contributed by atoms with Gasteiger partial charge in [0.25, 0.3) is 0 Å². The Labute approximate surface area is 248 Å². The van der Waals surface area contributed by atoms with E-state index in [0.29, 0.717) is 30.3 Å². The van der Waals surface area contributed by atoms with Crippen LogP contribution in [0.1, 0.15) is 57.6 Å². The number of aromatic amines is 1. The van der Waals surface area contributed by atoms with Gasteiger partial charge in [0, 0.05) is 32.3 Å². The first-order valence-electron chi connectivity index (χ1n) is 14.5. The van der Waals surface area contributed by atoms with Gasteiger partial charge in [0.15, 0.2) is 6.23 Å². The van der Waals surface area contributed by atoms with Crippen molar-refractivity contribution in [2.45, 2.75) is 82.5 Å². The fourth-order valence-electron chi connectivity index (χ4n) is 5.91. The molecule has 3 heterocycles. The Morgan fingerprint density at radius 3 is 2.58 bits per heavy atom. The van der Waals surface area contributed by atoms with Gasteiger partial charge in [0.05, 0.1) is 23.0 Å². The minimum absolute atomic E-state index is 0.0205. The van der Waals surface area contributed by atoms with Gasteiger partial charge in [-0.3, -0.25) is 4.90 Å². The van der Waals surface area contributed by atoms with Gasteiger partial charge in [0.1, 0.15) is 35.8 Å². The highest BCUT2D eigenvalue weighted by Gasteiger charge is 2.42. The monoisotopic (exact) mass is 603 g/mol. The van der Waals surface area contributed by atoms with Crippen LogP contribution in [0.25, 0.3) is 22.1 Å². The summed E-state index contributed by atoms with van der Waals surface area (Å²) in [5, 5.41) is 22.4. The molecule has 0 spiro atoms. The van der Waals surface area contributed by atoms with E-state index in [1.807, 2.05) is 6.07 Å². The van der Waals surface area contributed by atoms with E-state index in [2.05, 4.69) is 47.9 Å². The van der Waals surface area contributed by atoms with Gasteiger partial charge in [-0.15, -0.1) is 0 Å². The van der Waals surface area contributed by atoms with Crippen molar-refractivity contribution >= 4 is 27.9 Å². The first-order chi connectivity index (χ1) is 20.2. The molecule has 5 rings (SSSR count). The molecule has 3 aromatic heterocycles. The van der Waals surface area contributed by atoms with Crippen LogP contribution in [0.5, 0.6) is 0 Å². The summed E-state index contributed by atoms with van der Waals surface area (Å²) in [5.41, 5.74) is 9.27. The van der Waals surface area contributed by atoms with Gasteiger partial charge in [-0.05, 0) is 54.4 Å². The van der Waals surface area contributed by atoms with Crippen LogP contribution >= 0.6 is 0 Å². The van der Waals surface area contributed by atoms with Crippen molar-refractivity contribution < 1.29 is 28.1 Å². The van der Waals surface area contributed by atoms with Gasteiger partial charge in [-0.2, -0.15) is 13.2 Å². The molecule has 0 saturated heterocycles. The highest BCUT2D eigenvalue weighted by molar-refractivity contribution is 5.86. The molecule has 1 aliphatic carbocycles. The number of nitrogens with zero attached hydrogens (tertiary/aromatic N) is 5. The Bertz CT molecular complexity index is 1540. The van der Waals surface area contributed by atoms with E-state index in [0.717, 1.165) is 23.3 Å². The topological polar surface area (TPSA) is 138 Å². The number of nitrogen functional groups attached to an aromatic ring is 1. The van der Waals surface area contributed by atoms with Crippen molar-refractivity contribution in [3.8, 4) is 0 Å². The number of anilines is 1. The maximum atomic E-state index is 13.6. The number of aliphatic hydroxyl groups is 2. The van der Waals surface area contributed by atoms with Crippen molar-refractivity contribution in [3.63, 3.8) is 0 Å². The number of fused-ring (bicyclic) bond motifs is 2. The summed E-state index contributed by atoms with van der Waals surface area (Å²) in [6, 6.07) is 7.52. The number of benzene rings is 1. The van der Waals surface area contributed by atoms with Gasteiger partial charge < -0.3 is 30.2 Å². The maximum absolute atomic E-state index is 13.6. The summed E-state index contributed by atoms with van der Waals surface area (Å²) in [4.78, 5) is 17.5. The van der Waals surface area contributed by atoms with E-state index < -0.39 is 31.2 Å². The number of H-pyrrole nitrogens is 1. The van der Waals surface area contributed by atoms with Gasteiger partial charge in [-0.25, -0.2) is 15.0 Å². The lowest BCUT2D eigenvalue weighted by molar-refractivity contribution is -0.169. The standard InChI is InChI=1S/C30H40F3N7O3/c1-29(2,3)18-6-7-21-22(13-18)38-24(37-21)8-5-17-11-19(12-17)39(15-30(31,32)33)14-23(43-4)25(41)28(42)40-10-9-20-26(34)35-16-36-27(20)40/h6-7,9-10,13,16-17,19,23,25,28,41-42H,5,8,11-12,14-15H2,1-4H3,(H,37,38)(H2,34,35,36)/t17-,19-,23-,25-,28-/m1/s1. The van der Waals surface area contributed by atoms with Crippen LogP contribution < -0.4 is 5.73 Å². The molecular weight excluding hydrogens is 563 g/mol. The molecule has 0 aliphatic heterocycles. The van der Waals surface area contributed by atoms with Crippen LogP contribution in [0, 0.1) is 5.92 Å². The largest absolute Gasteiger partial charge is 0.401 e. The molecule has 234 valence electrons. The average molecular weight is 604 g/mol. The number of nitrogens with two attached hydrogens (primary N) is 1. The highest BCUT2D eigenvalue weighted by Crippen LogP contribution is 2.37. The summed E-state index contributed by atoms with van der Waals surface area (Å²) < 4.78 is 47.6. The minimum Gasteiger partial charge on any atom is -0.386 e. The fraction of sp³-hybridized carbons (Fsp3) is 0.567. The zero-order valence-electron chi connectivity index (χ0n) is 24.8. The van der Waals surface area contributed by atoms with Crippen LogP contribution in [-0.4, -0.2) is 84.2 Å². The second-order valence-corrected chi connectivity index (χ2v) is 12.6. The number of alkyl halides is 3. The molecular formula is C30H40F3N7O3. The molecule has 1 aliphatic rings. The van der Waals surface area contributed by atoms with Gasteiger partial charge in [-0.1, -0.05) is 26.8 Å². The number of hydrogen-bond acceptors (Lipinski definition) is 8. The third-order valence-electron chi connectivity index (χ3n) is 8.53. The predicted octanol–water partition coefficient (Wildman–Crippen LogP) is 4.33. The van der Waals surface area contributed by atoms with Gasteiger partial charge >= 0.3 is 6.18 Å². The zero-order chi connectivity index (χ0) is 31.1. The van der Waals surface area contributed by atoms with Crippen molar-refractivity contribution in [2.75, 3.05) is 25.9 Å². The van der Waals surface area contributed by atoms with Crippen LogP contribution in [0.3, 0.4) is 0 Å². The number of imidazole rings is 1. The molecule has 0 unspecified atom stereocenters. The molecule has 0 radical (unpaired) electrons. The predicted molar refractivity (Wildman–Crippen MR) is 157 cm³/mol. The summed E-state index contributed by atoms with van der Waals surface area (Å²) in [7, 11) is 1.31. The van der Waals surface area contributed by atoms with Crippen molar-refractivity contribution in [2.24, 2.45) is 5.92 Å². The second-order valence-electron chi connectivity index (χ2n) is 12.6. The number of hydrogen-bond donors (Lipinski definition) is 4. The van der Waals surface area contributed by atoms with E-state index >= 15 is 0 Å². The number of aliphatic hydroxyl groups excluding tert-OH is 2. The first-order valence-corrected chi connectivity index (χ1v) is 14.5. The van der Waals surface area contributed by atoms with E-state index in [9.17, 15) is 23.4 Å². The molecule has 0 amide bonds. The highest BCUT2D eigenvalue weighted by atomic mass is 19.4. The van der Waals surface area contributed by atoms with Crippen LogP contribution in [0.15, 0.2) is 36.8 Å². The Balaban J connectivity index is 1.21. The maximum Gasteiger partial charge on any atom is 0.401 e. The summed E-state index contributed by atoms with van der Waals surface area (Å²) in [6.45, 7) is 5.13. The first kappa shape index (κ1) is 31.2. The number of methoxy groups -OCH3 is 1. The number of rotatable bonds is 11. The molecule has 4 aromatic rings. The van der Waals surface area contributed by atoms with Crippen LogP contribution in [0.4, 0.5) is 19.0 Å². The van der Waals surface area contributed by atoms with Crippen LogP contribution in [-0.2, 0) is 16.6 Å². The van der Waals surface area contributed by atoms with E-state index in [-0.39, 0.29) is 29.7 Å². The summed E-state index contributed by atoms with van der Waals surface area (Å²) >= 11 is 0. The second kappa shape index (κ2) is 12.0. The Kier molecular flexibility index (Phi) is 8.72. The summed E-state index contributed by atoms with van der Waals surface area (Å²) in [6.07, 6.45) is -3.15. The third kappa shape index (κ3) is 6.95. The Morgan fingerprint density at radius 1 is 1.16 bits per heavy atom. The summed E-state index contributed by atoms with van der Waals surface area (Å²) in [5.74, 6) is 1.34. The van der Waals surface area contributed by atoms with Gasteiger partial charge in [0.2, 0.25) is 0 Å². The third-order valence-corrected chi connectivity index (χ3v) is 8.53. The number of nitrogens with one attached hydrogen (secondary N) is 1. The SMILES string of the molecule is CO[C@H](CN(CC(F)(F)F)[C@H]1C[C@H](CCc2nc3cc(C(C)(C)C)ccc3[nH]2)C1)[C@@H](O)[C@@H](O)n1ccc2c(N)ncnc21. The number of halogens is 3. The molecule has 1 fully saturated rings. The smallest absolute Gasteiger partial charge is 0.386 e. The van der Waals surface area contributed by atoms with Crippen molar-refractivity contribution in [1.82, 2.24) is 29.4 Å². The van der Waals surface area contributed by atoms with E-state index in [4.69, 9.17) is 15.5 Å². The number of aromatic nitrogens is 5. The molecule has 43 heavy (non-hydrogen) atoms. The number of aryl methyl sites for hydroxylation is 1. The lowest BCUT2D eigenvalue weighted by Crippen LogP contribution is -2.53. The van der Waals surface area contributed by atoms with E-state index in [1.54, 1.807) is 6.07 Å². The van der Waals surface area contributed by atoms with Crippen LogP contribution in [0.2, 0.25) is 0 Å². The molecule has 0 bridgehead atoms. The quantitative estimate of drug-likeness (QED) is 0.199. The molecule has 13 heteroatoms. The lowest BCUT2D eigenvalue weighted by Gasteiger charge is -2.45. The number of ether oxygens (including phenoxy) is 1. The minimum atomic E-state index is -4.43. The molecule has 10 nitrogen and oxygen atoms in total. The molecule has 5 N–H and O–H groups in total. The Hall–Kier alpha value is -3.26. The zero-order valence-corrected chi connectivity index (χ0v) is 24.8. The van der Waals surface area contributed by atoms with Crippen molar-refractivity contribution in [1.29, 1.82) is 0 Å².